The Labute approximate surface area is 95.9 Å². The quantitative estimate of drug-likeness (QED) is 0.604. The van der Waals surface area contributed by atoms with E-state index in [-0.39, 0.29) is 5.69 Å². The smallest absolute Gasteiger partial charge is 0.319 e. The normalized spacial score (nSPS) is 11.1. The summed E-state index contributed by atoms with van der Waals surface area (Å²) in [4.78, 5) is 12.0. The lowest BCUT2D eigenvalue weighted by molar-refractivity contribution is 0.610. The van der Waals surface area contributed by atoms with Gasteiger partial charge in [0.1, 0.15) is 12.9 Å². The van der Waals surface area contributed by atoms with Crippen LogP contribution in [0.5, 0.6) is 0 Å². The summed E-state index contributed by atoms with van der Waals surface area (Å²) >= 11 is 0. The third kappa shape index (κ3) is 1.52. The minimum atomic E-state index is -0.177. The second-order valence-electron chi connectivity index (χ2n) is 3.73. The average molecular weight is 230 g/mol. The fraction of sp³-hybridized carbons (Fsp3) is 0.200. The molecule has 0 bridgehead atoms. The van der Waals surface area contributed by atoms with Crippen molar-refractivity contribution in [1.29, 1.82) is 0 Å². The van der Waals surface area contributed by atoms with E-state index < -0.39 is 0 Å². The predicted octanol–water partition coefficient (Wildman–Crippen LogP) is -0.327. The molecule has 0 atom stereocenters. The van der Waals surface area contributed by atoms with Crippen molar-refractivity contribution < 1.29 is 0 Å². The van der Waals surface area contributed by atoms with Gasteiger partial charge in [0.25, 0.3) is 0 Å². The molecule has 0 fully saturated rings. The first-order valence-corrected chi connectivity index (χ1v) is 5.13. The molecule has 0 aliphatic heterocycles. The molecule has 7 heteroatoms. The first-order valence-electron chi connectivity index (χ1n) is 5.13. The van der Waals surface area contributed by atoms with Crippen LogP contribution in [0.1, 0.15) is 5.82 Å². The van der Waals surface area contributed by atoms with E-state index in [0.717, 1.165) is 0 Å². The zero-order valence-electron chi connectivity index (χ0n) is 9.19. The fourth-order valence-corrected chi connectivity index (χ4v) is 1.66. The fourth-order valence-electron chi connectivity index (χ4n) is 1.66. The number of rotatable bonds is 2. The Hall–Kier alpha value is -2.44. The van der Waals surface area contributed by atoms with Crippen LogP contribution in [0.2, 0.25) is 0 Å². The van der Waals surface area contributed by atoms with Gasteiger partial charge in [-0.05, 0) is 12.1 Å². The van der Waals surface area contributed by atoms with Crippen LogP contribution >= 0.6 is 0 Å². The standard InChI is InChI=1S/C10H10N6O/c1-14-7-11-12-9(14)6-16-10(17)15-5-3-2-4-8(15)13-16/h2-5,7H,6H2,1H3. The van der Waals surface area contributed by atoms with Crippen LogP contribution in [-0.4, -0.2) is 28.9 Å². The molecule has 0 aliphatic rings. The molecule has 0 unspecified atom stereocenters. The molecule has 3 aromatic rings. The molecule has 86 valence electrons. The highest BCUT2D eigenvalue weighted by Crippen LogP contribution is 1.98. The topological polar surface area (TPSA) is 70.0 Å². The van der Waals surface area contributed by atoms with Gasteiger partial charge in [0.2, 0.25) is 0 Å². The summed E-state index contributed by atoms with van der Waals surface area (Å²) in [7, 11) is 1.83. The van der Waals surface area contributed by atoms with E-state index in [1.54, 1.807) is 29.2 Å². The molecular weight excluding hydrogens is 220 g/mol. The van der Waals surface area contributed by atoms with Crippen molar-refractivity contribution in [1.82, 2.24) is 28.9 Å². The van der Waals surface area contributed by atoms with Gasteiger partial charge in [-0.15, -0.1) is 15.3 Å². The van der Waals surface area contributed by atoms with Crippen LogP contribution in [0.4, 0.5) is 0 Å². The molecule has 0 radical (unpaired) electrons. The minimum absolute atomic E-state index is 0.177. The maximum Gasteiger partial charge on any atom is 0.350 e. The second-order valence-corrected chi connectivity index (χ2v) is 3.73. The molecule has 0 saturated carbocycles. The number of fused-ring (bicyclic) bond motifs is 1. The van der Waals surface area contributed by atoms with Gasteiger partial charge in [-0.2, -0.15) is 0 Å². The second kappa shape index (κ2) is 3.55. The molecule has 0 spiro atoms. The van der Waals surface area contributed by atoms with Crippen molar-refractivity contribution in [3.8, 4) is 0 Å². The Morgan fingerprint density at radius 1 is 1.35 bits per heavy atom. The highest BCUT2D eigenvalue weighted by atomic mass is 16.2. The molecule has 3 aromatic heterocycles. The lowest BCUT2D eigenvalue weighted by Crippen LogP contribution is -2.22. The number of hydrogen-bond donors (Lipinski definition) is 0. The third-order valence-corrected chi connectivity index (χ3v) is 2.58. The molecule has 0 aliphatic carbocycles. The monoisotopic (exact) mass is 230 g/mol. The van der Waals surface area contributed by atoms with Crippen molar-refractivity contribution >= 4 is 5.65 Å². The summed E-state index contributed by atoms with van der Waals surface area (Å²) in [5, 5.41) is 11.9. The molecule has 3 heterocycles. The van der Waals surface area contributed by atoms with Crippen LogP contribution in [0.15, 0.2) is 35.5 Å². The van der Waals surface area contributed by atoms with Crippen LogP contribution in [0, 0.1) is 0 Å². The van der Waals surface area contributed by atoms with Crippen molar-refractivity contribution in [2.75, 3.05) is 0 Å². The van der Waals surface area contributed by atoms with Gasteiger partial charge in [0, 0.05) is 13.2 Å². The number of aryl methyl sites for hydroxylation is 1. The maximum absolute atomic E-state index is 12.0. The van der Waals surface area contributed by atoms with Gasteiger partial charge >= 0.3 is 5.69 Å². The molecule has 7 nitrogen and oxygen atoms in total. The summed E-state index contributed by atoms with van der Waals surface area (Å²) < 4.78 is 4.63. The van der Waals surface area contributed by atoms with E-state index in [2.05, 4.69) is 15.3 Å². The zero-order chi connectivity index (χ0) is 11.8. The maximum atomic E-state index is 12.0. The SMILES string of the molecule is Cn1cnnc1Cn1nc2ccccn2c1=O. The summed E-state index contributed by atoms with van der Waals surface area (Å²) in [6, 6.07) is 5.42. The zero-order valence-corrected chi connectivity index (χ0v) is 9.19. The number of nitrogens with zero attached hydrogens (tertiary/aromatic N) is 6. The Morgan fingerprint density at radius 3 is 2.94 bits per heavy atom. The van der Waals surface area contributed by atoms with Crippen molar-refractivity contribution in [3.05, 3.63) is 47.0 Å². The van der Waals surface area contributed by atoms with Crippen molar-refractivity contribution in [2.45, 2.75) is 6.54 Å². The molecule has 0 amide bonds. The van der Waals surface area contributed by atoms with Gasteiger partial charge in [-0.25, -0.2) is 9.48 Å². The van der Waals surface area contributed by atoms with E-state index in [0.29, 0.717) is 18.0 Å². The van der Waals surface area contributed by atoms with Gasteiger partial charge in [-0.3, -0.25) is 4.40 Å². The van der Waals surface area contributed by atoms with E-state index in [9.17, 15) is 4.79 Å². The summed E-state index contributed by atoms with van der Waals surface area (Å²) in [5.41, 5.74) is 0.447. The number of aromatic nitrogens is 6. The summed E-state index contributed by atoms with van der Waals surface area (Å²) in [6.07, 6.45) is 3.29. The average Bonchev–Trinajstić information content (AvgIpc) is 2.87. The van der Waals surface area contributed by atoms with Gasteiger partial charge in [0.05, 0.1) is 0 Å². The number of pyridine rings is 1. The van der Waals surface area contributed by atoms with Crippen molar-refractivity contribution in [2.24, 2.45) is 7.05 Å². The highest BCUT2D eigenvalue weighted by Gasteiger charge is 2.08. The minimum Gasteiger partial charge on any atom is -0.319 e. The molecule has 17 heavy (non-hydrogen) atoms. The molecule has 0 N–H and O–H groups in total. The van der Waals surface area contributed by atoms with Crippen LogP contribution < -0.4 is 5.69 Å². The van der Waals surface area contributed by atoms with Gasteiger partial charge < -0.3 is 4.57 Å². The van der Waals surface area contributed by atoms with Gasteiger partial charge in [-0.1, -0.05) is 6.07 Å². The Balaban J connectivity index is 2.10. The molecule has 0 saturated heterocycles. The van der Waals surface area contributed by atoms with Crippen LogP contribution in [-0.2, 0) is 13.6 Å². The van der Waals surface area contributed by atoms with E-state index in [4.69, 9.17) is 0 Å². The van der Waals surface area contributed by atoms with Crippen LogP contribution in [0.3, 0.4) is 0 Å². The number of hydrogen-bond acceptors (Lipinski definition) is 4. The highest BCUT2D eigenvalue weighted by molar-refractivity contribution is 5.35. The first kappa shape index (κ1) is 9.76. The van der Waals surface area contributed by atoms with E-state index in [1.165, 1.54) is 9.08 Å². The Kier molecular flexibility index (Phi) is 2.04. The van der Waals surface area contributed by atoms with Crippen molar-refractivity contribution in [3.63, 3.8) is 0 Å². The first-order chi connectivity index (χ1) is 8.25. The molecule has 3 rings (SSSR count). The predicted molar refractivity (Wildman–Crippen MR) is 59.6 cm³/mol. The third-order valence-electron chi connectivity index (χ3n) is 2.58. The van der Waals surface area contributed by atoms with E-state index in [1.807, 2.05) is 13.1 Å². The summed E-state index contributed by atoms with van der Waals surface area (Å²) in [5.74, 6) is 0.690. The van der Waals surface area contributed by atoms with Gasteiger partial charge in [0.15, 0.2) is 11.5 Å². The lowest BCUT2D eigenvalue weighted by atomic mass is 10.5. The molecule has 0 aromatic carbocycles. The summed E-state index contributed by atoms with van der Waals surface area (Å²) in [6.45, 7) is 0.316. The van der Waals surface area contributed by atoms with E-state index >= 15 is 0 Å². The largest absolute Gasteiger partial charge is 0.350 e. The van der Waals surface area contributed by atoms with Crippen LogP contribution in [0.25, 0.3) is 5.65 Å². The Morgan fingerprint density at radius 2 is 2.24 bits per heavy atom. The Bertz CT molecular complexity index is 722. The molecular formula is C10H10N6O. The lowest BCUT2D eigenvalue weighted by Gasteiger charge is -1.97.